The molecule has 0 aromatic heterocycles. The number of unbranched alkanes of at least 4 members (excludes halogenated alkanes) is 8. The SMILES string of the molecule is CCCCCCCCCCCc1cc(N)c2cccc(N)c2c1. The van der Waals surface area contributed by atoms with Crippen LogP contribution in [0.15, 0.2) is 30.3 Å². The van der Waals surface area contributed by atoms with E-state index in [9.17, 15) is 0 Å². The Morgan fingerprint density at radius 2 is 1.35 bits per heavy atom. The van der Waals surface area contributed by atoms with Crippen molar-refractivity contribution >= 4 is 22.1 Å². The van der Waals surface area contributed by atoms with Gasteiger partial charge in [0.15, 0.2) is 0 Å². The zero-order chi connectivity index (χ0) is 16.5. The van der Waals surface area contributed by atoms with Crippen molar-refractivity contribution in [2.75, 3.05) is 11.5 Å². The van der Waals surface area contributed by atoms with Crippen LogP contribution in [0.25, 0.3) is 10.8 Å². The van der Waals surface area contributed by atoms with E-state index in [1.807, 2.05) is 18.2 Å². The van der Waals surface area contributed by atoms with Crippen molar-refractivity contribution in [2.24, 2.45) is 0 Å². The molecule has 0 bridgehead atoms. The molecule has 2 aromatic carbocycles. The molecule has 0 unspecified atom stereocenters. The van der Waals surface area contributed by atoms with Gasteiger partial charge < -0.3 is 11.5 Å². The molecule has 2 nitrogen and oxygen atoms in total. The Hall–Kier alpha value is -1.70. The zero-order valence-corrected chi connectivity index (χ0v) is 14.6. The number of anilines is 2. The number of nitrogen functional groups attached to an aromatic ring is 2. The summed E-state index contributed by atoms with van der Waals surface area (Å²) in [6.07, 6.45) is 13.4. The Morgan fingerprint density at radius 1 is 0.696 bits per heavy atom. The second-order valence-corrected chi connectivity index (χ2v) is 6.71. The van der Waals surface area contributed by atoms with Crippen LogP contribution in [0.4, 0.5) is 11.4 Å². The molecule has 0 amide bonds. The van der Waals surface area contributed by atoms with Crippen molar-refractivity contribution < 1.29 is 0 Å². The van der Waals surface area contributed by atoms with Crippen molar-refractivity contribution in [1.29, 1.82) is 0 Å². The monoisotopic (exact) mass is 312 g/mol. The summed E-state index contributed by atoms with van der Waals surface area (Å²) >= 11 is 0. The summed E-state index contributed by atoms with van der Waals surface area (Å²) in [5, 5.41) is 2.17. The first kappa shape index (κ1) is 17.7. The molecule has 0 heterocycles. The molecule has 2 aromatic rings. The number of fused-ring (bicyclic) bond motifs is 1. The molecule has 0 aliphatic carbocycles. The molecular formula is C21H32N2. The summed E-state index contributed by atoms with van der Waals surface area (Å²) in [5.74, 6) is 0. The molecule has 23 heavy (non-hydrogen) atoms. The van der Waals surface area contributed by atoms with Gasteiger partial charge in [0.1, 0.15) is 0 Å². The van der Waals surface area contributed by atoms with Gasteiger partial charge in [-0.25, -0.2) is 0 Å². The predicted molar refractivity (Wildman–Crippen MR) is 104 cm³/mol. The number of benzene rings is 2. The van der Waals surface area contributed by atoms with E-state index in [0.717, 1.165) is 28.6 Å². The van der Waals surface area contributed by atoms with Crippen LogP contribution in [0.5, 0.6) is 0 Å². The van der Waals surface area contributed by atoms with Crippen LogP contribution < -0.4 is 11.5 Å². The molecule has 0 saturated carbocycles. The summed E-state index contributed by atoms with van der Waals surface area (Å²) < 4.78 is 0. The molecule has 4 N–H and O–H groups in total. The summed E-state index contributed by atoms with van der Waals surface area (Å²) in [6.45, 7) is 2.27. The fourth-order valence-corrected chi connectivity index (χ4v) is 3.28. The average molecular weight is 313 g/mol. The smallest absolute Gasteiger partial charge is 0.0397 e. The second kappa shape index (κ2) is 9.44. The lowest BCUT2D eigenvalue weighted by Crippen LogP contribution is -1.95. The molecule has 0 fully saturated rings. The normalized spacial score (nSPS) is 11.2. The van der Waals surface area contributed by atoms with Gasteiger partial charge in [0.2, 0.25) is 0 Å². The van der Waals surface area contributed by atoms with Gasteiger partial charge in [0.05, 0.1) is 0 Å². The molecule has 0 spiro atoms. The van der Waals surface area contributed by atoms with E-state index >= 15 is 0 Å². The maximum Gasteiger partial charge on any atom is 0.0397 e. The Bertz CT molecular complexity index is 604. The lowest BCUT2D eigenvalue weighted by molar-refractivity contribution is 0.565. The van der Waals surface area contributed by atoms with Crippen molar-refractivity contribution in [3.63, 3.8) is 0 Å². The van der Waals surface area contributed by atoms with Gasteiger partial charge in [-0.15, -0.1) is 0 Å². The van der Waals surface area contributed by atoms with Crippen LogP contribution in [-0.4, -0.2) is 0 Å². The lowest BCUT2D eigenvalue weighted by Gasteiger charge is -2.09. The molecule has 0 saturated heterocycles. The highest BCUT2D eigenvalue weighted by Crippen LogP contribution is 2.28. The second-order valence-electron chi connectivity index (χ2n) is 6.71. The first-order valence-electron chi connectivity index (χ1n) is 9.29. The van der Waals surface area contributed by atoms with E-state index in [4.69, 9.17) is 11.5 Å². The van der Waals surface area contributed by atoms with Gasteiger partial charge in [0, 0.05) is 22.1 Å². The molecular weight excluding hydrogens is 280 g/mol. The molecule has 0 atom stereocenters. The molecule has 0 aliphatic heterocycles. The third-order valence-corrected chi connectivity index (χ3v) is 4.69. The van der Waals surface area contributed by atoms with Gasteiger partial charge in [-0.05, 0) is 36.6 Å². The van der Waals surface area contributed by atoms with Crippen molar-refractivity contribution in [2.45, 2.75) is 71.1 Å². The topological polar surface area (TPSA) is 52.0 Å². The van der Waals surface area contributed by atoms with Crippen LogP contribution in [0.2, 0.25) is 0 Å². The van der Waals surface area contributed by atoms with Gasteiger partial charge >= 0.3 is 0 Å². The van der Waals surface area contributed by atoms with E-state index in [0.29, 0.717) is 0 Å². The van der Waals surface area contributed by atoms with E-state index < -0.39 is 0 Å². The Balaban J connectivity index is 1.74. The number of hydrogen-bond donors (Lipinski definition) is 2. The summed E-state index contributed by atoms with van der Waals surface area (Å²) in [6, 6.07) is 10.3. The Morgan fingerprint density at radius 3 is 2.04 bits per heavy atom. The summed E-state index contributed by atoms with van der Waals surface area (Å²) in [5.41, 5.74) is 15.2. The molecule has 2 heteroatoms. The van der Waals surface area contributed by atoms with Crippen LogP contribution in [0, 0.1) is 0 Å². The largest absolute Gasteiger partial charge is 0.398 e. The standard InChI is InChI=1S/C21H32N2/c1-2-3-4-5-6-7-8-9-10-12-17-15-19-18(21(23)16-17)13-11-14-20(19)22/h11,13-16H,2-10,12,22-23H2,1H3. The molecule has 0 radical (unpaired) electrons. The minimum Gasteiger partial charge on any atom is -0.398 e. The van der Waals surface area contributed by atoms with Crippen molar-refractivity contribution in [1.82, 2.24) is 0 Å². The van der Waals surface area contributed by atoms with Gasteiger partial charge in [-0.3, -0.25) is 0 Å². The fraction of sp³-hybridized carbons (Fsp3) is 0.524. The highest BCUT2D eigenvalue weighted by Gasteiger charge is 2.04. The Kier molecular flexibility index (Phi) is 7.25. The van der Waals surface area contributed by atoms with Gasteiger partial charge in [-0.2, -0.15) is 0 Å². The lowest BCUT2D eigenvalue weighted by atomic mass is 9.99. The third kappa shape index (κ3) is 5.46. The number of rotatable bonds is 10. The molecule has 2 rings (SSSR count). The molecule has 0 aliphatic rings. The Labute approximate surface area is 141 Å². The summed E-state index contributed by atoms with van der Waals surface area (Å²) in [7, 11) is 0. The van der Waals surface area contributed by atoms with Gasteiger partial charge in [-0.1, -0.05) is 70.4 Å². The van der Waals surface area contributed by atoms with Crippen LogP contribution in [-0.2, 0) is 6.42 Å². The quantitative estimate of drug-likeness (QED) is 0.413. The maximum atomic E-state index is 6.18. The van der Waals surface area contributed by atoms with E-state index in [1.165, 1.54) is 63.4 Å². The van der Waals surface area contributed by atoms with Crippen molar-refractivity contribution in [3.8, 4) is 0 Å². The third-order valence-electron chi connectivity index (χ3n) is 4.69. The minimum absolute atomic E-state index is 0.822. The molecule has 126 valence electrons. The van der Waals surface area contributed by atoms with E-state index in [2.05, 4.69) is 19.1 Å². The van der Waals surface area contributed by atoms with E-state index in [-0.39, 0.29) is 0 Å². The fourth-order valence-electron chi connectivity index (χ4n) is 3.28. The highest BCUT2D eigenvalue weighted by molar-refractivity contribution is 6.00. The number of aryl methyl sites for hydroxylation is 1. The highest BCUT2D eigenvalue weighted by atomic mass is 14.6. The van der Waals surface area contributed by atoms with Crippen molar-refractivity contribution in [3.05, 3.63) is 35.9 Å². The summed E-state index contributed by atoms with van der Waals surface area (Å²) in [4.78, 5) is 0. The number of hydrogen-bond acceptors (Lipinski definition) is 2. The minimum atomic E-state index is 0.822. The number of nitrogens with two attached hydrogens (primary N) is 2. The van der Waals surface area contributed by atoms with Gasteiger partial charge in [0.25, 0.3) is 0 Å². The predicted octanol–water partition coefficient (Wildman–Crippen LogP) is 6.08. The first-order chi connectivity index (χ1) is 11.2. The zero-order valence-electron chi connectivity index (χ0n) is 14.6. The first-order valence-corrected chi connectivity index (χ1v) is 9.29. The average Bonchev–Trinajstić information content (AvgIpc) is 2.54. The van der Waals surface area contributed by atoms with Crippen LogP contribution >= 0.6 is 0 Å². The maximum absolute atomic E-state index is 6.18. The van der Waals surface area contributed by atoms with E-state index in [1.54, 1.807) is 0 Å². The van der Waals surface area contributed by atoms with Crippen LogP contribution in [0.1, 0.15) is 70.3 Å². The van der Waals surface area contributed by atoms with Crippen LogP contribution in [0.3, 0.4) is 0 Å².